The number of benzene rings is 3. The Bertz CT molecular complexity index is 1090. The molecule has 0 aromatic heterocycles. The number of unbranched alkanes of at least 4 members (excludes halogenated alkanes) is 1. The SMILES string of the molecule is CCCCNC(=O)[C@H](Cc1ccccc1)N(Cc1ccc(Br)cc1)C(=O)CSCc1ccc(C)cc1. The quantitative estimate of drug-likeness (QED) is 0.239. The van der Waals surface area contributed by atoms with Gasteiger partial charge in [-0.2, -0.15) is 0 Å². The highest BCUT2D eigenvalue weighted by Crippen LogP contribution is 2.20. The van der Waals surface area contributed by atoms with Crippen molar-refractivity contribution in [3.8, 4) is 0 Å². The van der Waals surface area contributed by atoms with E-state index < -0.39 is 6.04 Å². The summed E-state index contributed by atoms with van der Waals surface area (Å²) in [6, 6.07) is 25.7. The number of halogens is 1. The molecule has 0 bridgehead atoms. The molecular weight excluding hydrogens is 532 g/mol. The van der Waals surface area contributed by atoms with Gasteiger partial charge in [0, 0.05) is 29.7 Å². The fraction of sp³-hybridized carbons (Fsp3) is 0.333. The molecule has 0 saturated heterocycles. The molecule has 2 amide bonds. The van der Waals surface area contributed by atoms with Crippen molar-refractivity contribution in [3.05, 3.63) is 106 Å². The minimum Gasteiger partial charge on any atom is -0.354 e. The molecule has 36 heavy (non-hydrogen) atoms. The lowest BCUT2D eigenvalue weighted by atomic mass is 10.0. The predicted molar refractivity (Wildman–Crippen MR) is 154 cm³/mol. The molecule has 0 aliphatic rings. The molecule has 0 spiro atoms. The van der Waals surface area contributed by atoms with Gasteiger partial charge in [-0.3, -0.25) is 9.59 Å². The van der Waals surface area contributed by atoms with E-state index in [4.69, 9.17) is 0 Å². The van der Waals surface area contributed by atoms with Crippen molar-refractivity contribution in [1.82, 2.24) is 10.2 Å². The Morgan fingerprint density at radius 2 is 1.58 bits per heavy atom. The van der Waals surface area contributed by atoms with Crippen molar-refractivity contribution >= 4 is 39.5 Å². The maximum absolute atomic E-state index is 13.6. The Hall–Kier alpha value is -2.57. The van der Waals surface area contributed by atoms with Gasteiger partial charge in [-0.25, -0.2) is 0 Å². The molecule has 4 nitrogen and oxygen atoms in total. The van der Waals surface area contributed by atoms with Gasteiger partial charge in [-0.1, -0.05) is 102 Å². The van der Waals surface area contributed by atoms with E-state index in [1.165, 1.54) is 11.1 Å². The van der Waals surface area contributed by atoms with Crippen LogP contribution in [0.15, 0.2) is 83.3 Å². The first-order valence-corrected chi connectivity index (χ1v) is 14.4. The summed E-state index contributed by atoms with van der Waals surface area (Å²) < 4.78 is 0.982. The highest BCUT2D eigenvalue weighted by atomic mass is 79.9. The number of hydrogen-bond donors (Lipinski definition) is 1. The summed E-state index contributed by atoms with van der Waals surface area (Å²) in [5.41, 5.74) is 4.44. The Morgan fingerprint density at radius 3 is 2.25 bits per heavy atom. The second kappa shape index (κ2) is 14.9. The van der Waals surface area contributed by atoms with Crippen molar-refractivity contribution in [2.45, 2.75) is 51.4 Å². The van der Waals surface area contributed by atoms with Crippen LogP contribution < -0.4 is 5.32 Å². The molecule has 0 saturated carbocycles. The van der Waals surface area contributed by atoms with E-state index in [0.717, 1.165) is 34.2 Å². The van der Waals surface area contributed by atoms with Crippen LogP contribution in [0.4, 0.5) is 0 Å². The smallest absolute Gasteiger partial charge is 0.243 e. The Morgan fingerprint density at radius 1 is 0.917 bits per heavy atom. The largest absolute Gasteiger partial charge is 0.354 e. The summed E-state index contributed by atoms with van der Waals surface area (Å²) in [5, 5.41) is 3.07. The van der Waals surface area contributed by atoms with E-state index in [9.17, 15) is 9.59 Å². The number of amides is 2. The number of carbonyl (C=O) groups excluding carboxylic acids is 2. The average molecular weight is 568 g/mol. The van der Waals surface area contributed by atoms with Crippen LogP contribution in [0.1, 0.15) is 42.0 Å². The van der Waals surface area contributed by atoms with E-state index >= 15 is 0 Å². The van der Waals surface area contributed by atoms with Crippen LogP contribution >= 0.6 is 27.7 Å². The summed E-state index contributed by atoms with van der Waals surface area (Å²) in [5.74, 6) is 0.949. The van der Waals surface area contributed by atoms with Crippen LogP contribution in [0.25, 0.3) is 0 Å². The molecule has 3 rings (SSSR count). The second-order valence-corrected chi connectivity index (χ2v) is 10.9. The van der Waals surface area contributed by atoms with E-state index in [1.807, 2.05) is 54.6 Å². The third-order valence-corrected chi connectivity index (χ3v) is 7.50. The van der Waals surface area contributed by atoms with Gasteiger partial charge < -0.3 is 10.2 Å². The first-order chi connectivity index (χ1) is 17.5. The average Bonchev–Trinajstić information content (AvgIpc) is 2.89. The van der Waals surface area contributed by atoms with Crippen LogP contribution in [0.3, 0.4) is 0 Å². The topological polar surface area (TPSA) is 49.4 Å². The summed E-state index contributed by atoms with van der Waals surface area (Å²) in [6.45, 7) is 5.17. The van der Waals surface area contributed by atoms with Gasteiger partial charge in [-0.15, -0.1) is 11.8 Å². The monoisotopic (exact) mass is 566 g/mol. The molecule has 0 radical (unpaired) electrons. The molecule has 3 aromatic carbocycles. The number of aryl methyl sites for hydroxylation is 1. The van der Waals surface area contributed by atoms with Crippen LogP contribution in [0.5, 0.6) is 0 Å². The first-order valence-electron chi connectivity index (χ1n) is 12.4. The van der Waals surface area contributed by atoms with Gasteiger partial charge in [0.25, 0.3) is 0 Å². The second-order valence-electron chi connectivity index (χ2n) is 8.98. The van der Waals surface area contributed by atoms with Crippen LogP contribution in [-0.4, -0.2) is 35.1 Å². The molecule has 6 heteroatoms. The summed E-state index contributed by atoms with van der Waals surface area (Å²) in [4.78, 5) is 28.8. The van der Waals surface area contributed by atoms with E-state index in [2.05, 4.69) is 59.4 Å². The number of nitrogens with zero attached hydrogens (tertiary/aromatic N) is 1. The van der Waals surface area contributed by atoms with Crippen LogP contribution in [0.2, 0.25) is 0 Å². The fourth-order valence-electron chi connectivity index (χ4n) is 3.87. The van der Waals surface area contributed by atoms with Crippen LogP contribution in [0, 0.1) is 6.92 Å². The zero-order valence-electron chi connectivity index (χ0n) is 21.1. The highest BCUT2D eigenvalue weighted by Gasteiger charge is 2.30. The number of thioether (sulfide) groups is 1. The van der Waals surface area contributed by atoms with Gasteiger partial charge in [0.05, 0.1) is 5.75 Å². The molecular formula is C30H35BrN2O2S. The maximum atomic E-state index is 13.6. The predicted octanol–water partition coefficient (Wildman–Crippen LogP) is 6.55. The molecule has 1 N–H and O–H groups in total. The van der Waals surface area contributed by atoms with E-state index in [0.29, 0.717) is 25.3 Å². The normalized spacial score (nSPS) is 11.6. The molecule has 3 aromatic rings. The Balaban J connectivity index is 1.81. The molecule has 0 heterocycles. The summed E-state index contributed by atoms with van der Waals surface area (Å²) in [7, 11) is 0. The minimum atomic E-state index is -0.583. The summed E-state index contributed by atoms with van der Waals surface area (Å²) in [6.07, 6.45) is 2.39. The lowest BCUT2D eigenvalue weighted by Gasteiger charge is -2.31. The van der Waals surface area contributed by atoms with Crippen molar-refractivity contribution in [2.75, 3.05) is 12.3 Å². The Kier molecular flexibility index (Phi) is 11.6. The van der Waals surface area contributed by atoms with Crippen LogP contribution in [-0.2, 0) is 28.3 Å². The number of carbonyl (C=O) groups is 2. The van der Waals surface area contributed by atoms with Crippen molar-refractivity contribution in [3.63, 3.8) is 0 Å². The maximum Gasteiger partial charge on any atom is 0.243 e. The minimum absolute atomic E-state index is 0.0263. The molecule has 1 atom stereocenters. The molecule has 0 aliphatic carbocycles. The van der Waals surface area contributed by atoms with E-state index in [-0.39, 0.29) is 11.8 Å². The standard InChI is InChI=1S/C30H35BrN2O2S/c1-3-4-18-32-30(35)28(19-24-8-6-5-7-9-24)33(20-25-14-16-27(31)17-15-25)29(34)22-36-21-26-12-10-23(2)11-13-26/h5-17,28H,3-4,18-22H2,1-2H3,(H,32,35)/t28-/m0/s1. The zero-order chi connectivity index (χ0) is 25.8. The number of rotatable bonds is 13. The van der Waals surface area contributed by atoms with Crippen molar-refractivity contribution in [1.29, 1.82) is 0 Å². The molecule has 0 aliphatic heterocycles. The van der Waals surface area contributed by atoms with Crippen molar-refractivity contribution < 1.29 is 9.59 Å². The lowest BCUT2D eigenvalue weighted by molar-refractivity contribution is -0.139. The fourth-order valence-corrected chi connectivity index (χ4v) is 5.01. The van der Waals surface area contributed by atoms with E-state index in [1.54, 1.807) is 16.7 Å². The van der Waals surface area contributed by atoms with Gasteiger partial charge in [0.15, 0.2) is 0 Å². The van der Waals surface area contributed by atoms with Gasteiger partial charge in [0.1, 0.15) is 6.04 Å². The lowest BCUT2D eigenvalue weighted by Crippen LogP contribution is -2.51. The van der Waals surface area contributed by atoms with Gasteiger partial charge in [-0.05, 0) is 42.2 Å². The van der Waals surface area contributed by atoms with Gasteiger partial charge in [0.2, 0.25) is 11.8 Å². The zero-order valence-corrected chi connectivity index (χ0v) is 23.5. The molecule has 0 fully saturated rings. The van der Waals surface area contributed by atoms with Crippen molar-refractivity contribution in [2.24, 2.45) is 0 Å². The Labute approximate surface area is 228 Å². The summed E-state index contributed by atoms with van der Waals surface area (Å²) >= 11 is 5.07. The van der Waals surface area contributed by atoms with Gasteiger partial charge >= 0.3 is 0 Å². The molecule has 0 unspecified atom stereocenters. The highest BCUT2D eigenvalue weighted by molar-refractivity contribution is 9.10. The first kappa shape index (κ1) is 28.0. The third-order valence-electron chi connectivity index (χ3n) is 5.98. The molecule has 190 valence electrons. The third kappa shape index (κ3) is 9.14. The number of hydrogen-bond acceptors (Lipinski definition) is 3. The number of nitrogens with one attached hydrogen (secondary N) is 1.